The fourth-order valence-corrected chi connectivity index (χ4v) is 3.26. The number of ether oxygens (including phenoxy) is 1. The van der Waals surface area contributed by atoms with Crippen LogP contribution in [0.25, 0.3) is 5.65 Å². The normalized spacial score (nSPS) is 11.3. The van der Waals surface area contributed by atoms with Crippen LogP contribution >= 0.6 is 0 Å². The van der Waals surface area contributed by atoms with Gasteiger partial charge in [-0.15, -0.1) is 0 Å². The lowest BCUT2D eigenvalue weighted by Gasteiger charge is -2.09. The molecule has 10 nitrogen and oxygen atoms in total. The summed E-state index contributed by atoms with van der Waals surface area (Å²) in [4.78, 5) is 23.3. The molecule has 0 saturated heterocycles. The molecule has 0 saturated carbocycles. The van der Waals surface area contributed by atoms with Crippen LogP contribution in [0.5, 0.6) is 5.88 Å². The Hall–Kier alpha value is -3.28. The number of pyridine rings is 1. The first kappa shape index (κ1) is 17.5. The van der Waals surface area contributed by atoms with E-state index in [-0.39, 0.29) is 17.5 Å². The fraction of sp³-hybridized carbons (Fsp3) is 0.143. The van der Waals surface area contributed by atoms with Gasteiger partial charge in [-0.3, -0.25) is 9.72 Å². The molecular formula is C14H13FN6O4S. The summed E-state index contributed by atoms with van der Waals surface area (Å²) in [5, 5.41) is 1.37. The zero-order valence-electron chi connectivity index (χ0n) is 13.6. The van der Waals surface area contributed by atoms with E-state index in [0.717, 1.165) is 4.40 Å². The molecule has 0 aliphatic carbocycles. The lowest BCUT2D eigenvalue weighted by atomic mass is 10.4. The molecule has 0 bridgehead atoms. The highest BCUT2D eigenvalue weighted by Gasteiger charge is 2.27. The highest BCUT2D eigenvalue weighted by atomic mass is 32.2. The molecule has 12 heteroatoms. The van der Waals surface area contributed by atoms with Gasteiger partial charge in [-0.2, -0.15) is 22.8 Å². The number of amides is 2. The van der Waals surface area contributed by atoms with E-state index in [1.165, 1.54) is 31.5 Å². The standard InChI is InChI=1S/C14H13FN6O4S/c1-8-7-10(25-2)18-13(16-8)19-14(22)20-26(23,24)12-11(15)17-9-5-3-4-6-21(9)12/h3-7H,1-2H3,(H2,16,18,19,20,22). The smallest absolute Gasteiger partial charge is 0.335 e. The fourth-order valence-electron chi connectivity index (χ4n) is 2.18. The van der Waals surface area contributed by atoms with Crippen LogP contribution in [0.15, 0.2) is 35.5 Å². The van der Waals surface area contributed by atoms with Crippen molar-refractivity contribution in [1.29, 1.82) is 0 Å². The summed E-state index contributed by atoms with van der Waals surface area (Å²) < 4.78 is 46.4. The summed E-state index contributed by atoms with van der Waals surface area (Å²) in [6, 6.07) is 4.85. The van der Waals surface area contributed by atoms with Crippen molar-refractivity contribution in [3.8, 4) is 5.88 Å². The van der Waals surface area contributed by atoms with E-state index in [1.807, 2.05) is 0 Å². The number of halogens is 1. The van der Waals surface area contributed by atoms with Crippen LogP contribution in [-0.4, -0.2) is 40.9 Å². The van der Waals surface area contributed by atoms with Crippen LogP contribution in [0.1, 0.15) is 5.69 Å². The Morgan fingerprint density at radius 2 is 2.04 bits per heavy atom. The number of nitrogens with zero attached hydrogens (tertiary/aromatic N) is 4. The molecule has 0 spiro atoms. The number of rotatable bonds is 4. The molecule has 26 heavy (non-hydrogen) atoms. The van der Waals surface area contributed by atoms with E-state index in [4.69, 9.17) is 4.74 Å². The van der Waals surface area contributed by atoms with Gasteiger partial charge in [0.05, 0.1) is 7.11 Å². The lowest BCUT2D eigenvalue weighted by Crippen LogP contribution is -2.36. The Morgan fingerprint density at radius 1 is 1.27 bits per heavy atom. The molecule has 0 aliphatic rings. The molecule has 3 heterocycles. The number of imidazole rings is 1. The molecule has 3 rings (SSSR count). The van der Waals surface area contributed by atoms with Crippen molar-refractivity contribution in [2.75, 3.05) is 12.4 Å². The van der Waals surface area contributed by atoms with Gasteiger partial charge < -0.3 is 4.74 Å². The highest BCUT2D eigenvalue weighted by Crippen LogP contribution is 2.17. The molecule has 0 radical (unpaired) electrons. The van der Waals surface area contributed by atoms with E-state index < -0.39 is 27.0 Å². The number of aryl methyl sites for hydroxylation is 1. The largest absolute Gasteiger partial charge is 0.481 e. The molecule has 0 atom stereocenters. The Kier molecular flexibility index (Phi) is 4.42. The minimum atomic E-state index is -4.54. The van der Waals surface area contributed by atoms with Gasteiger partial charge >= 0.3 is 6.03 Å². The number of methoxy groups -OCH3 is 1. The van der Waals surface area contributed by atoms with Crippen molar-refractivity contribution in [2.24, 2.45) is 0 Å². The lowest BCUT2D eigenvalue weighted by molar-refractivity contribution is 0.256. The predicted molar refractivity (Wildman–Crippen MR) is 87.8 cm³/mol. The summed E-state index contributed by atoms with van der Waals surface area (Å²) in [5.74, 6) is -1.22. The maximum atomic E-state index is 14.0. The number of hydrogen-bond acceptors (Lipinski definition) is 7. The van der Waals surface area contributed by atoms with Crippen molar-refractivity contribution < 1.29 is 22.3 Å². The van der Waals surface area contributed by atoms with Crippen LogP contribution < -0.4 is 14.8 Å². The number of aromatic nitrogens is 4. The zero-order chi connectivity index (χ0) is 18.9. The topological polar surface area (TPSA) is 128 Å². The van der Waals surface area contributed by atoms with Crippen molar-refractivity contribution in [3.63, 3.8) is 0 Å². The molecule has 0 aliphatic heterocycles. The molecule has 136 valence electrons. The third-order valence-electron chi connectivity index (χ3n) is 3.19. The van der Waals surface area contributed by atoms with E-state index in [1.54, 1.807) is 17.7 Å². The SMILES string of the molecule is COc1cc(C)nc(NC(=O)NS(=O)(=O)c2c(F)nc3ccccn23)n1. The number of carbonyl (C=O) groups excluding carboxylic acids is 1. The predicted octanol–water partition coefficient (Wildman–Crippen LogP) is 1.09. The Morgan fingerprint density at radius 3 is 2.77 bits per heavy atom. The van der Waals surface area contributed by atoms with Gasteiger partial charge in [-0.05, 0) is 19.1 Å². The van der Waals surface area contributed by atoms with Gasteiger partial charge in [0.2, 0.25) is 16.9 Å². The summed E-state index contributed by atoms with van der Waals surface area (Å²) >= 11 is 0. The number of sulfonamides is 1. The maximum absolute atomic E-state index is 14.0. The van der Waals surface area contributed by atoms with E-state index in [2.05, 4.69) is 20.3 Å². The Bertz CT molecular complexity index is 1100. The van der Waals surface area contributed by atoms with Crippen LogP contribution in [0, 0.1) is 12.9 Å². The van der Waals surface area contributed by atoms with Gasteiger partial charge in [-0.25, -0.2) is 14.5 Å². The quantitative estimate of drug-likeness (QED) is 0.693. The van der Waals surface area contributed by atoms with E-state index in [9.17, 15) is 17.6 Å². The first-order valence-corrected chi connectivity index (χ1v) is 8.64. The second-order valence-electron chi connectivity index (χ2n) is 5.07. The molecule has 0 fully saturated rings. The Labute approximate surface area is 147 Å². The monoisotopic (exact) mass is 380 g/mol. The average molecular weight is 380 g/mol. The van der Waals surface area contributed by atoms with Gasteiger partial charge in [0, 0.05) is 18.0 Å². The summed E-state index contributed by atoms with van der Waals surface area (Å²) in [6.07, 6.45) is 1.31. The van der Waals surface area contributed by atoms with Gasteiger partial charge in [0.1, 0.15) is 5.65 Å². The Balaban J connectivity index is 1.86. The number of carbonyl (C=O) groups is 1. The second-order valence-corrected chi connectivity index (χ2v) is 6.67. The van der Waals surface area contributed by atoms with E-state index in [0.29, 0.717) is 5.69 Å². The molecule has 2 N–H and O–H groups in total. The van der Waals surface area contributed by atoms with Crippen LogP contribution in [-0.2, 0) is 10.0 Å². The zero-order valence-corrected chi connectivity index (χ0v) is 14.4. The summed E-state index contributed by atoms with van der Waals surface area (Å²) in [5.41, 5.74) is 0.570. The molecule has 2 amide bonds. The molecule has 3 aromatic heterocycles. The highest BCUT2D eigenvalue weighted by molar-refractivity contribution is 7.90. The minimum Gasteiger partial charge on any atom is -0.481 e. The van der Waals surface area contributed by atoms with Crippen molar-refractivity contribution >= 4 is 27.6 Å². The third kappa shape index (κ3) is 3.39. The number of nitrogens with one attached hydrogen (secondary N) is 2. The minimum absolute atomic E-state index is 0.0811. The van der Waals surface area contributed by atoms with Gasteiger partial charge in [-0.1, -0.05) is 6.07 Å². The molecule has 3 aromatic rings. The van der Waals surface area contributed by atoms with Crippen molar-refractivity contribution in [1.82, 2.24) is 24.1 Å². The van der Waals surface area contributed by atoms with Crippen LogP contribution in [0.3, 0.4) is 0 Å². The summed E-state index contributed by atoms with van der Waals surface area (Å²) in [6.45, 7) is 1.64. The maximum Gasteiger partial charge on any atom is 0.335 e. The number of fused-ring (bicyclic) bond motifs is 1. The first-order chi connectivity index (χ1) is 12.3. The van der Waals surface area contributed by atoms with Crippen molar-refractivity contribution in [3.05, 3.63) is 42.1 Å². The summed E-state index contributed by atoms with van der Waals surface area (Å²) in [7, 11) is -3.16. The second kappa shape index (κ2) is 6.55. The van der Waals surface area contributed by atoms with Crippen LogP contribution in [0.2, 0.25) is 0 Å². The molecule has 0 unspecified atom stereocenters. The molecule has 0 aromatic carbocycles. The number of hydrogen-bond donors (Lipinski definition) is 2. The number of urea groups is 1. The van der Waals surface area contributed by atoms with Crippen molar-refractivity contribution in [2.45, 2.75) is 11.9 Å². The first-order valence-electron chi connectivity index (χ1n) is 7.16. The molecular weight excluding hydrogens is 367 g/mol. The van der Waals surface area contributed by atoms with Gasteiger partial charge in [0.15, 0.2) is 0 Å². The third-order valence-corrected chi connectivity index (χ3v) is 4.52. The van der Waals surface area contributed by atoms with E-state index >= 15 is 0 Å². The van der Waals surface area contributed by atoms with Gasteiger partial charge in [0.25, 0.3) is 16.0 Å². The average Bonchev–Trinajstić information content (AvgIpc) is 2.89. The number of anilines is 1. The van der Waals surface area contributed by atoms with Crippen LogP contribution in [0.4, 0.5) is 15.1 Å².